The fourth-order valence-corrected chi connectivity index (χ4v) is 5.48. The number of nitrogens with one attached hydrogen (secondary N) is 2. The second-order valence-electron chi connectivity index (χ2n) is 9.22. The molecule has 1 saturated heterocycles. The van der Waals surface area contributed by atoms with Gasteiger partial charge in [-0.2, -0.15) is 4.98 Å². The number of hydrogen-bond acceptors (Lipinski definition) is 4. The van der Waals surface area contributed by atoms with E-state index >= 15 is 0 Å². The van der Waals surface area contributed by atoms with Gasteiger partial charge in [0.2, 0.25) is 5.95 Å². The van der Waals surface area contributed by atoms with E-state index in [9.17, 15) is 0 Å². The lowest BCUT2D eigenvalue weighted by molar-refractivity contribution is 0.292. The third-order valence-corrected chi connectivity index (χ3v) is 7.43. The van der Waals surface area contributed by atoms with Crippen molar-refractivity contribution in [3.05, 3.63) is 46.1 Å². The van der Waals surface area contributed by atoms with Crippen LogP contribution in [0.15, 0.2) is 30.3 Å². The first-order chi connectivity index (χ1) is 15.4. The molecule has 1 aliphatic carbocycles. The molecule has 2 aliphatic rings. The van der Waals surface area contributed by atoms with E-state index in [1.165, 1.54) is 31.2 Å². The quantitative estimate of drug-likeness (QED) is 0.383. The predicted molar refractivity (Wildman–Crippen MR) is 138 cm³/mol. The minimum Gasteiger partial charge on any atom is -0.361 e. The molecular formula is C24H31Cl2N5S. The Hall–Kier alpha value is -1.63. The summed E-state index contributed by atoms with van der Waals surface area (Å²) in [6.07, 6.45) is 8.41. The number of rotatable bonds is 5. The Morgan fingerprint density at radius 2 is 1.88 bits per heavy atom. The molecule has 2 aromatic rings. The third-order valence-electron chi connectivity index (χ3n) is 6.74. The molecule has 0 spiro atoms. The van der Waals surface area contributed by atoms with E-state index in [-0.39, 0.29) is 5.41 Å². The topological polar surface area (TPSA) is 53.1 Å². The summed E-state index contributed by atoms with van der Waals surface area (Å²) in [5, 5.41) is 8.29. The number of piperidine rings is 1. The summed E-state index contributed by atoms with van der Waals surface area (Å²) in [5.74, 6) is 1.94. The number of anilines is 2. The van der Waals surface area contributed by atoms with Crippen LogP contribution in [0.3, 0.4) is 0 Å². The second kappa shape index (κ2) is 10.5. The van der Waals surface area contributed by atoms with Gasteiger partial charge in [0.05, 0.1) is 0 Å². The van der Waals surface area contributed by atoms with E-state index in [4.69, 9.17) is 35.4 Å². The summed E-state index contributed by atoms with van der Waals surface area (Å²) in [6.45, 7) is 5.01. The summed E-state index contributed by atoms with van der Waals surface area (Å²) in [6, 6.07) is 10.1. The molecule has 0 amide bonds. The zero-order valence-corrected chi connectivity index (χ0v) is 20.9. The molecule has 1 aromatic carbocycles. The van der Waals surface area contributed by atoms with Crippen LogP contribution in [-0.4, -0.2) is 34.7 Å². The van der Waals surface area contributed by atoms with Crippen LogP contribution in [-0.2, 0) is 5.41 Å². The van der Waals surface area contributed by atoms with Crippen molar-refractivity contribution in [2.24, 2.45) is 5.92 Å². The van der Waals surface area contributed by atoms with Crippen LogP contribution >= 0.6 is 35.4 Å². The first-order valence-corrected chi connectivity index (χ1v) is 12.7. The second-order valence-corrected chi connectivity index (χ2v) is 10.5. The first kappa shape index (κ1) is 23.5. The SMILES string of the molecule is C[C@H]1CCCN(c2cc(Cl)nc(NC(=S)NCC3(c4ccc(Cl)cc4)CCCCC3)n2)C1. The first-order valence-electron chi connectivity index (χ1n) is 11.5. The Balaban J connectivity index is 1.43. The van der Waals surface area contributed by atoms with Gasteiger partial charge in [-0.1, -0.05) is 61.5 Å². The zero-order valence-electron chi connectivity index (χ0n) is 18.5. The molecule has 32 heavy (non-hydrogen) atoms. The zero-order chi connectivity index (χ0) is 22.6. The molecule has 0 bridgehead atoms. The lowest BCUT2D eigenvalue weighted by atomic mass is 9.69. The molecule has 1 saturated carbocycles. The number of aromatic nitrogens is 2. The van der Waals surface area contributed by atoms with E-state index in [1.807, 2.05) is 18.2 Å². The van der Waals surface area contributed by atoms with Gasteiger partial charge in [0.15, 0.2) is 5.11 Å². The summed E-state index contributed by atoms with van der Waals surface area (Å²) in [4.78, 5) is 11.3. The third kappa shape index (κ3) is 5.83. The average Bonchev–Trinajstić information content (AvgIpc) is 2.78. The molecule has 2 fully saturated rings. The number of nitrogens with zero attached hydrogens (tertiary/aromatic N) is 3. The van der Waals surface area contributed by atoms with E-state index in [1.54, 1.807) is 0 Å². The molecule has 1 aromatic heterocycles. The van der Waals surface area contributed by atoms with E-state index < -0.39 is 0 Å². The van der Waals surface area contributed by atoms with Gasteiger partial charge in [0, 0.05) is 36.1 Å². The fourth-order valence-electron chi connectivity index (χ4n) is 5.02. The smallest absolute Gasteiger partial charge is 0.232 e. The highest BCUT2D eigenvalue weighted by Gasteiger charge is 2.34. The summed E-state index contributed by atoms with van der Waals surface area (Å²) < 4.78 is 0. The maximum absolute atomic E-state index is 6.31. The van der Waals surface area contributed by atoms with Crippen LogP contribution in [0.4, 0.5) is 11.8 Å². The van der Waals surface area contributed by atoms with Gasteiger partial charge in [-0.05, 0) is 61.5 Å². The van der Waals surface area contributed by atoms with Crippen molar-refractivity contribution >= 4 is 52.3 Å². The van der Waals surface area contributed by atoms with Gasteiger partial charge in [-0.3, -0.25) is 0 Å². The van der Waals surface area contributed by atoms with Gasteiger partial charge in [0.25, 0.3) is 0 Å². The Bertz CT molecular complexity index is 930. The van der Waals surface area contributed by atoms with Crippen LogP contribution in [0.5, 0.6) is 0 Å². The monoisotopic (exact) mass is 491 g/mol. The lowest BCUT2D eigenvalue weighted by Gasteiger charge is -2.38. The van der Waals surface area contributed by atoms with Crippen molar-refractivity contribution in [1.82, 2.24) is 15.3 Å². The number of hydrogen-bond donors (Lipinski definition) is 2. The number of thiocarbonyl (C=S) groups is 1. The molecular weight excluding hydrogens is 461 g/mol. The maximum Gasteiger partial charge on any atom is 0.232 e. The van der Waals surface area contributed by atoms with Gasteiger partial charge in [0.1, 0.15) is 11.0 Å². The van der Waals surface area contributed by atoms with E-state index in [0.717, 1.165) is 49.7 Å². The molecule has 1 aliphatic heterocycles. The molecule has 2 N–H and O–H groups in total. The van der Waals surface area contributed by atoms with Crippen molar-refractivity contribution in [2.45, 2.75) is 57.3 Å². The molecule has 172 valence electrons. The van der Waals surface area contributed by atoms with Crippen molar-refractivity contribution < 1.29 is 0 Å². The van der Waals surface area contributed by atoms with Crippen molar-refractivity contribution in [1.29, 1.82) is 0 Å². The predicted octanol–water partition coefficient (Wildman–Crippen LogP) is 6.21. The fraction of sp³-hybridized carbons (Fsp3) is 0.542. The summed E-state index contributed by atoms with van der Waals surface area (Å²) in [5.41, 5.74) is 1.37. The van der Waals surface area contributed by atoms with Crippen LogP contribution in [0, 0.1) is 5.92 Å². The molecule has 0 unspecified atom stereocenters. The Morgan fingerprint density at radius 3 is 2.59 bits per heavy atom. The standard InChI is InChI=1S/C24H31Cl2N5S/c1-17-6-5-13-31(15-17)21-14-20(26)28-22(29-21)30-23(32)27-16-24(11-3-2-4-12-24)18-7-9-19(25)10-8-18/h7-10,14,17H,2-6,11-13,15-16H2,1H3,(H2,27,28,29,30,32)/t17-/m0/s1. The van der Waals surface area contributed by atoms with Gasteiger partial charge < -0.3 is 15.5 Å². The van der Waals surface area contributed by atoms with Crippen molar-refractivity contribution in [3.8, 4) is 0 Å². The van der Waals surface area contributed by atoms with Crippen molar-refractivity contribution in [3.63, 3.8) is 0 Å². The van der Waals surface area contributed by atoms with Gasteiger partial charge in [-0.25, -0.2) is 4.98 Å². The largest absolute Gasteiger partial charge is 0.361 e. The van der Waals surface area contributed by atoms with Crippen LogP contribution in [0.1, 0.15) is 57.4 Å². The van der Waals surface area contributed by atoms with E-state index in [0.29, 0.717) is 22.1 Å². The number of benzene rings is 1. The van der Waals surface area contributed by atoms with Crippen LogP contribution in [0.25, 0.3) is 0 Å². The molecule has 2 heterocycles. The highest BCUT2D eigenvalue weighted by molar-refractivity contribution is 7.80. The summed E-state index contributed by atoms with van der Waals surface area (Å²) >= 11 is 18.0. The maximum atomic E-state index is 6.31. The summed E-state index contributed by atoms with van der Waals surface area (Å²) in [7, 11) is 0. The Morgan fingerprint density at radius 1 is 1.12 bits per heavy atom. The van der Waals surface area contributed by atoms with Crippen molar-refractivity contribution in [2.75, 3.05) is 29.9 Å². The lowest BCUT2D eigenvalue weighted by Crippen LogP contribution is -2.43. The molecule has 8 heteroatoms. The minimum absolute atomic E-state index is 0.0544. The van der Waals surface area contributed by atoms with Gasteiger partial charge in [-0.15, -0.1) is 0 Å². The van der Waals surface area contributed by atoms with E-state index in [2.05, 4.69) is 44.6 Å². The highest BCUT2D eigenvalue weighted by atomic mass is 35.5. The molecule has 1 atom stereocenters. The van der Waals surface area contributed by atoms with Crippen LogP contribution in [0.2, 0.25) is 10.2 Å². The molecule has 5 nitrogen and oxygen atoms in total. The molecule has 0 radical (unpaired) electrons. The number of halogens is 2. The normalized spacial score (nSPS) is 20.6. The Kier molecular flexibility index (Phi) is 7.74. The Labute approximate surface area is 206 Å². The highest BCUT2D eigenvalue weighted by Crippen LogP contribution is 2.39. The van der Waals surface area contributed by atoms with Crippen LogP contribution < -0.4 is 15.5 Å². The average molecular weight is 493 g/mol. The minimum atomic E-state index is 0.0544. The van der Waals surface area contributed by atoms with Gasteiger partial charge >= 0.3 is 0 Å². The molecule has 4 rings (SSSR count).